The molecule has 1 unspecified atom stereocenters. The summed E-state index contributed by atoms with van der Waals surface area (Å²) in [7, 11) is 0. The highest BCUT2D eigenvalue weighted by Crippen LogP contribution is 2.33. The van der Waals surface area contributed by atoms with Crippen molar-refractivity contribution in [3.8, 4) is 0 Å². The number of hydrogen-bond donors (Lipinski definition) is 4. The highest BCUT2D eigenvalue weighted by atomic mass is 16.6. The molecule has 2 aromatic heterocycles. The zero-order valence-electron chi connectivity index (χ0n) is 17.1. The van der Waals surface area contributed by atoms with Crippen LogP contribution in [0.4, 0.5) is 5.82 Å². The molecule has 164 valence electrons. The first kappa shape index (κ1) is 20.5. The van der Waals surface area contributed by atoms with Crippen LogP contribution in [0.1, 0.15) is 23.4 Å². The van der Waals surface area contributed by atoms with E-state index in [2.05, 4.69) is 20.3 Å². The molecule has 4 atom stereocenters. The standard InChI is InChI=1S/C23H23N5O4/c29-11-16-19(30)20(31)23(32-16)28-13-26-18-21(24-12-25-22(18)28)27-17(14-7-3-1-4-8-14)15-9-5-2-6-10-15/h1-10,12-13,16-17,19-20,23,29-31H,11H2,(H,24,25,27)/t16-,19-,20-,23?/m1/s1. The van der Waals surface area contributed by atoms with Crippen LogP contribution in [-0.4, -0.2) is 59.8 Å². The summed E-state index contributed by atoms with van der Waals surface area (Å²) < 4.78 is 7.19. The lowest BCUT2D eigenvalue weighted by molar-refractivity contribution is -0.0511. The number of aliphatic hydroxyl groups excluding tert-OH is 3. The molecule has 32 heavy (non-hydrogen) atoms. The summed E-state index contributed by atoms with van der Waals surface area (Å²) in [6, 6.07) is 19.9. The molecular weight excluding hydrogens is 410 g/mol. The van der Waals surface area contributed by atoms with Gasteiger partial charge in [0.15, 0.2) is 23.2 Å². The van der Waals surface area contributed by atoms with Gasteiger partial charge in [-0.2, -0.15) is 0 Å². The zero-order chi connectivity index (χ0) is 22.1. The van der Waals surface area contributed by atoms with Gasteiger partial charge in [-0.15, -0.1) is 0 Å². The Kier molecular flexibility index (Phi) is 5.54. The Labute approximate surface area is 184 Å². The van der Waals surface area contributed by atoms with Gasteiger partial charge in [-0.05, 0) is 11.1 Å². The largest absolute Gasteiger partial charge is 0.394 e. The highest BCUT2D eigenvalue weighted by Gasteiger charge is 2.44. The van der Waals surface area contributed by atoms with E-state index in [-0.39, 0.29) is 6.04 Å². The first-order valence-corrected chi connectivity index (χ1v) is 10.3. The quantitative estimate of drug-likeness (QED) is 0.362. The molecular formula is C23H23N5O4. The summed E-state index contributed by atoms with van der Waals surface area (Å²) in [5.41, 5.74) is 3.07. The van der Waals surface area contributed by atoms with E-state index in [0.29, 0.717) is 17.0 Å². The molecule has 0 saturated carbocycles. The maximum absolute atomic E-state index is 10.4. The second-order valence-corrected chi connectivity index (χ2v) is 7.67. The fourth-order valence-corrected chi connectivity index (χ4v) is 4.04. The van der Waals surface area contributed by atoms with E-state index in [1.807, 2.05) is 60.7 Å². The Bertz CT molecular complexity index is 1150. The molecule has 4 aromatic rings. The number of nitrogens with one attached hydrogen (secondary N) is 1. The maximum atomic E-state index is 10.4. The minimum Gasteiger partial charge on any atom is -0.394 e. The predicted molar refractivity (Wildman–Crippen MR) is 117 cm³/mol. The summed E-state index contributed by atoms with van der Waals surface area (Å²) in [6.45, 7) is -0.404. The van der Waals surface area contributed by atoms with E-state index in [1.165, 1.54) is 12.7 Å². The van der Waals surface area contributed by atoms with Crippen molar-refractivity contribution in [1.82, 2.24) is 19.5 Å². The van der Waals surface area contributed by atoms with Crippen molar-refractivity contribution in [2.75, 3.05) is 11.9 Å². The van der Waals surface area contributed by atoms with Crippen LogP contribution in [0.15, 0.2) is 73.3 Å². The van der Waals surface area contributed by atoms with Crippen molar-refractivity contribution in [2.24, 2.45) is 0 Å². The van der Waals surface area contributed by atoms with Crippen molar-refractivity contribution in [3.05, 3.63) is 84.4 Å². The van der Waals surface area contributed by atoms with Gasteiger partial charge in [0.25, 0.3) is 0 Å². The second-order valence-electron chi connectivity index (χ2n) is 7.67. The first-order chi connectivity index (χ1) is 15.7. The van der Waals surface area contributed by atoms with Crippen LogP contribution in [0.3, 0.4) is 0 Å². The van der Waals surface area contributed by atoms with Crippen LogP contribution in [0.25, 0.3) is 11.2 Å². The van der Waals surface area contributed by atoms with Crippen molar-refractivity contribution in [1.29, 1.82) is 0 Å². The average Bonchev–Trinajstić information content (AvgIpc) is 3.40. The first-order valence-electron chi connectivity index (χ1n) is 10.3. The lowest BCUT2D eigenvalue weighted by Gasteiger charge is -2.21. The number of fused-ring (bicyclic) bond motifs is 1. The van der Waals surface area contributed by atoms with Crippen LogP contribution in [0, 0.1) is 0 Å². The maximum Gasteiger partial charge on any atom is 0.167 e. The third-order valence-corrected chi connectivity index (χ3v) is 5.70. The minimum absolute atomic E-state index is 0.172. The summed E-state index contributed by atoms with van der Waals surface area (Å²) in [6.07, 6.45) is -1.33. The van der Waals surface area contributed by atoms with Crippen molar-refractivity contribution >= 4 is 17.0 Å². The van der Waals surface area contributed by atoms with E-state index in [1.54, 1.807) is 4.57 Å². The minimum atomic E-state index is -1.22. The van der Waals surface area contributed by atoms with Crippen LogP contribution < -0.4 is 5.32 Å². The van der Waals surface area contributed by atoms with Gasteiger partial charge in [0.2, 0.25) is 0 Å². The average molecular weight is 433 g/mol. The molecule has 0 spiro atoms. The molecule has 9 heteroatoms. The highest BCUT2D eigenvalue weighted by molar-refractivity contribution is 5.83. The van der Waals surface area contributed by atoms with Gasteiger partial charge >= 0.3 is 0 Å². The molecule has 3 heterocycles. The monoisotopic (exact) mass is 433 g/mol. The van der Waals surface area contributed by atoms with E-state index in [4.69, 9.17) is 4.74 Å². The smallest absolute Gasteiger partial charge is 0.167 e. The van der Waals surface area contributed by atoms with E-state index < -0.39 is 31.1 Å². The van der Waals surface area contributed by atoms with Crippen LogP contribution in [0.2, 0.25) is 0 Å². The molecule has 0 amide bonds. The van der Waals surface area contributed by atoms with Crippen molar-refractivity contribution in [3.63, 3.8) is 0 Å². The number of ether oxygens (including phenoxy) is 1. The number of anilines is 1. The Morgan fingerprint density at radius 3 is 2.16 bits per heavy atom. The Hall–Kier alpha value is -3.37. The fourth-order valence-electron chi connectivity index (χ4n) is 4.04. The molecule has 0 bridgehead atoms. The normalized spacial score (nSPS) is 23.1. The molecule has 9 nitrogen and oxygen atoms in total. The van der Waals surface area contributed by atoms with Gasteiger partial charge in [-0.25, -0.2) is 15.0 Å². The zero-order valence-corrected chi connectivity index (χ0v) is 17.1. The van der Waals surface area contributed by atoms with Gasteiger partial charge in [-0.1, -0.05) is 60.7 Å². The molecule has 4 N–H and O–H groups in total. The van der Waals surface area contributed by atoms with Crippen molar-refractivity contribution in [2.45, 2.75) is 30.6 Å². The van der Waals surface area contributed by atoms with E-state index >= 15 is 0 Å². The number of imidazole rings is 1. The second kappa shape index (κ2) is 8.64. The number of rotatable bonds is 6. The fraction of sp³-hybridized carbons (Fsp3) is 0.261. The lowest BCUT2D eigenvalue weighted by Crippen LogP contribution is -2.33. The molecule has 1 aliphatic heterocycles. The summed E-state index contributed by atoms with van der Waals surface area (Å²) in [4.78, 5) is 13.2. The Morgan fingerprint density at radius 2 is 1.56 bits per heavy atom. The lowest BCUT2D eigenvalue weighted by atomic mass is 9.99. The van der Waals surface area contributed by atoms with E-state index in [9.17, 15) is 15.3 Å². The van der Waals surface area contributed by atoms with Crippen LogP contribution >= 0.6 is 0 Å². The topological polar surface area (TPSA) is 126 Å². The molecule has 0 aliphatic carbocycles. The summed E-state index contributed by atoms with van der Waals surface area (Å²) >= 11 is 0. The van der Waals surface area contributed by atoms with E-state index in [0.717, 1.165) is 11.1 Å². The molecule has 1 saturated heterocycles. The van der Waals surface area contributed by atoms with Crippen molar-refractivity contribution < 1.29 is 20.1 Å². The molecule has 0 radical (unpaired) electrons. The van der Waals surface area contributed by atoms with Gasteiger partial charge < -0.3 is 25.4 Å². The van der Waals surface area contributed by atoms with Crippen LogP contribution in [-0.2, 0) is 4.74 Å². The van der Waals surface area contributed by atoms with Gasteiger partial charge in [-0.3, -0.25) is 4.57 Å². The summed E-state index contributed by atoms with van der Waals surface area (Å²) in [5.74, 6) is 0.526. The summed E-state index contributed by atoms with van der Waals surface area (Å²) in [5, 5.41) is 33.4. The third kappa shape index (κ3) is 3.61. The molecule has 1 aliphatic rings. The van der Waals surface area contributed by atoms with Gasteiger partial charge in [0.1, 0.15) is 24.6 Å². The molecule has 5 rings (SSSR count). The number of nitrogens with zero attached hydrogens (tertiary/aromatic N) is 4. The SMILES string of the molecule is OC[C@H]1OC(n2cnc3c(NC(c4ccccc4)c4ccccc4)ncnc32)[C@H](O)[C@@H]1O. The number of hydrogen-bond acceptors (Lipinski definition) is 8. The predicted octanol–water partition coefficient (Wildman–Crippen LogP) is 1.64. The van der Waals surface area contributed by atoms with Gasteiger partial charge in [0.05, 0.1) is 19.0 Å². The Morgan fingerprint density at radius 1 is 0.906 bits per heavy atom. The van der Waals surface area contributed by atoms with Crippen LogP contribution in [0.5, 0.6) is 0 Å². The number of aromatic nitrogens is 4. The molecule has 1 fully saturated rings. The molecule has 2 aromatic carbocycles. The number of benzene rings is 2. The third-order valence-electron chi connectivity index (χ3n) is 5.70. The number of aliphatic hydroxyl groups is 3. The van der Waals surface area contributed by atoms with Gasteiger partial charge in [0, 0.05) is 0 Å². The Balaban J connectivity index is 1.52.